The second kappa shape index (κ2) is 4.74. The number of carbonyl (C=O) groups excluding carboxylic acids is 1. The first-order valence-electron chi connectivity index (χ1n) is 6.43. The number of ether oxygens (including phenoxy) is 1. The SMILES string of the molecule is COC(=O)C(O)C1CCC2(CCCC2)CC1. The van der Waals surface area contributed by atoms with Gasteiger partial charge in [-0.1, -0.05) is 12.8 Å². The third-order valence-electron chi connectivity index (χ3n) is 4.64. The highest BCUT2D eigenvalue weighted by molar-refractivity contribution is 5.74. The van der Waals surface area contributed by atoms with E-state index >= 15 is 0 Å². The van der Waals surface area contributed by atoms with Crippen molar-refractivity contribution in [2.75, 3.05) is 7.11 Å². The molecule has 2 saturated carbocycles. The number of hydrogen-bond donors (Lipinski definition) is 1. The van der Waals surface area contributed by atoms with E-state index in [2.05, 4.69) is 4.74 Å². The van der Waals surface area contributed by atoms with Gasteiger partial charge in [0.2, 0.25) is 0 Å². The van der Waals surface area contributed by atoms with E-state index in [0.29, 0.717) is 5.41 Å². The Morgan fingerprint density at radius 2 is 1.81 bits per heavy atom. The van der Waals surface area contributed by atoms with E-state index in [4.69, 9.17) is 0 Å². The first-order chi connectivity index (χ1) is 7.67. The predicted octanol–water partition coefficient (Wildman–Crippen LogP) is 2.27. The molecule has 1 atom stereocenters. The summed E-state index contributed by atoms with van der Waals surface area (Å²) in [5.41, 5.74) is 0.562. The molecule has 3 heteroatoms. The molecule has 0 radical (unpaired) electrons. The molecule has 0 bridgehead atoms. The molecule has 0 aromatic rings. The molecule has 0 amide bonds. The third kappa shape index (κ3) is 2.24. The van der Waals surface area contributed by atoms with E-state index in [0.717, 1.165) is 12.8 Å². The standard InChI is InChI=1S/C13H22O3/c1-16-12(15)11(14)10-4-8-13(9-5-10)6-2-3-7-13/h10-11,14H,2-9H2,1H3. The van der Waals surface area contributed by atoms with E-state index in [-0.39, 0.29) is 5.92 Å². The van der Waals surface area contributed by atoms with Gasteiger partial charge in [-0.25, -0.2) is 4.79 Å². The van der Waals surface area contributed by atoms with E-state index in [1.807, 2.05) is 0 Å². The first kappa shape index (κ1) is 11.9. The van der Waals surface area contributed by atoms with Gasteiger partial charge >= 0.3 is 5.97 Å². The molecular weight excluding hydrogens is 204 g/mol. The zero-order valence-electron chi connectivity index (χ0n) is 10.1. The van der Waals surface area contributed by atoms with Crippen LogP contribution >= 0.6 is 0 Å². The van der Waals surface area contributed by atoms with Crippen LogP contribution in [0.4, 0.5) is 0 Å². The van der Waals surface area contributed by atoms with Crippen molar-refractivity contribution >= 4 is 5.97 Å². The van der Waals surface area contributed by atoms with Crippen molar-refractivity contribution in [3.05, 3.63) is 0 Å². The molecule has 0 heterocycles. The number of hydrogen-bond acceptors (Lipinski definition) is 3. The fourth-order valence-corrected chi connectivity index (χ4v) is 3.51. The lowest BCUT2D eigenvalue weighted by Crippen LogP contribution is -2.35. The molecule has 0 aliphatic heterocycles. The number of rotatable bonds is 2. The molecule has 2 aliphatic rings. The Morgan fingerprint density at radius 3 is 2.31 bits per heavy atom. The van der Waals surface area contributed by atoms with Gasteiger partial charge in [0.1, 0.15) is 0 Å². The number of aliphatic hydroxyl groups excluding tert-OH is 1. The van der Waals surface area contributed by atoms with Gasteiger partial charge in [0.15, 0.2) is 6.10 Å². The summed E-state index contributed by atoms with van der Waals surface area (Å²) in [5, 5.41) is 9.80. The van der Waals surface area contributed by atoms with Crippen molar-refractivity contribution in [3.63, 3.8) is 0 Å². The van der Waals surface area contributed by atoms with Crippen LogP contribution in [0.25, 0.3) is 0 Å². The molecule has 16 heavy (non-hydrogen) atoms. The summed E-state index contributed by atoms with van der Waals surface area (Å²) in [6, 6.07) is 0. The maximum absolute atomic E-state index is 11.3. The minimum Gasteiger partial charge on any atom is -0.467 e. The second-order valence-electron chi connectivity index (χ2n) is 5.51. The molecular formula is C13H22O3. The maximum atomic E-state index is 11.3. The zero-order valence-corrected chi connectivity index (χ0v) is 10.1. The summed E-state index contributed by atoms with van der Waals surface area (Å²) >= 11 is 0. The van der Waals surface area contributed by atoms with E-state index in [9.17, 15) is 9.90 Å². The lowest BCUT2D eigenvalue weighted by molar-refractivity contribution is -0.154. The Bertz CT molecular complexity index is 246. The van der Waals surface area contributed by atoms with Crippen molar-refractivity contribution in [2.45, 2.75) is 57.5 Å². The zero-order chi connectivity index (χ0) is 11.6. The summed E-state index contributed by atoms with van der Waals surface area (Å²) in [7, 11) is 1.34. The minimum absolute atomic E-state index is 0.124. The minimum atomic E-state index is -0.899. The largest absolute Gasteiger partial charge is 0.467 e. The molecule has 3 nitrogen and oxygen atoms in total. The average Bonchev–Trinajstić information content (AvgIpc) is 2.77. The Balaban J connectivity index is 1.87. The summed E-state index contributed by atoms with van der Waals surface area (Å²) in [5.74, 6) is -0.342. The van der Waals surface area contributed by atoms with Crippen LogP contribution in [-0.2, 0) is 9.53 Å². The van der Waals surface area contributed by atoms with E-state index < -0.39 is 12.1 Å². The number of esters is 1. The third-order valence-corrected chi connectivity index (χ3v) is 4.64. The predicted molar refractivity (Wildman–Crippen MR) is 60.9 cm³/mol. The van der Waals surface area contributed by atoms with Crippen molar-refractivity contribution in [1.82, 2.24) is 0 Å². The molecule has 0 aromatic heterocycles. The van der Waals surface area contributed by atoms with Gasteiger partial charge in [0, 0.05) is 0 Å². The highest BCUT2D eigenvalue weighted by Gasteiger charge is 2.40. The van der Waals surface area contributed by atoms with Crippen LogP contribution < -0.4 is 0 Å². The van der Waals surface area contributed by atoms with Gasteiger partial charge in [0.25, 0.3) is 0 Å². The molecule has 2 aliphatic carbocycles. The molecule has 0 aromatic carbocycles. The van der Waals surface area contributed by atoms with E-state index in [1.54, 1.807) is 0 Å². The van der Waals surface area contributed by atoms with Crippen molar-refractivity contribution in [2.24, 2.45) is 11.3 Å². The van der Waals surface area contributed by atoms with Gasteiger partial charge in [-0.2, -0.15) is 0 Å². The molecule has 2 fully saturated rings. The highest BCUT2D eigenvalue weighted by Crippen LogP contribution is 2.50. The monoisotopic (exact) mass is 226 g/mol. The summed E-state index contributed by atoms with van der Waals surface area (Å²) < 4.78 is 4.59. The molecule has 2 rings (SSSR count). The van der Waals surface area contributed by atoms with Crippen LogP contribution in [0.1, 0.15) is 51.4 Å². The smallest absolute Gasteiger partial charge is 0.334 e. The molecule has 1 spiro atoms. The fraction of sp³-hybridized carbons (Fsp3) is 0.923. The fourth-order valence-electron chi connectivity index (χ4n) is 3.51. The topological polar surface area (TPSA) is 46.5 Å². The lowest BCUT2D eigenvalue weighted by Gasteiger charge is -2.38. The normalized spacial score (nSPS) is 26.9. The van der Waals surface area contributed by atoms with Gasteiger partial charge in [-0.05, 0) is 49.9 Å². The van der Waals surface area contributed by atoms with Gasteiger partial charge < -0.3 is 9.84 Å². The Hall–Kier alpha value is -0.570. The number of carbonyl (C=O) groups is 1. The molecule has 92 valence electrons. The van der Waals surface area contributed by atoms with Crippen molar-refractivity contribution in [3.8, 4) is 0 Å². The van der Waals surface area contributed by atoms with Gasteiger partial charge in [-0.3, -0.25) is 0 Å². The average molecular weight is 226 g/mol. The second-order valence-corrected chi connectivity index (χ2v) is 5.51. The Labute approximate surface area is 97.2 Å². The number of aliphatic hydroxyl groups is 1. The maximum Gasteiger partial charge on any atom is 0.334 e. The summed E-state index contributed by atoms with van der Waals surface area (Å²) in [6.45, 7) is 0. The van der Waals surface area contributed by atoms with Crippen LogP contribution in [0.15, 0.2) is 0 Å². The van der Waals surface area contributed by atoms with Crippen LogP contribution in [0.3, 0.4) is 0 Å². The van der Waals surface area contributed by atoms with E-state index in [1.165, 1.54) is 45.6 Å². The number of methoxy groups -OCH3 is 1. The lowest BCUT2D eigenvalue weighted by atomic mass is 9.68. The molecule has 1 N–H and O–H groups in total. The van der Waals surface area contributed by atoms with Crippen LogP contribution in [0.5, 0.6) is 0 Å². The first-order valence-corrected chi connectivity index (χ1v) is 6.43. The molecule has 0 saturated heterocycles. The van der Waals surface area contributed by atoms with Crippen molar-refractivity contribution in [1.29, 1.82) is 0 Å². The summed E-state index contributed by atoms with van der Waals surface area (Å²) in [4.78, 5) is 11.3. The van der Waals surface area contributed by atoms with Gasteiger partial charge in [-0.15, -0.1) is 0 Å². The van der Waals surface area contributed by atoms with Crippen LogP contribution in [0.2, 0.25) is 0 Å². The Morgan fingerprint density at radius 1 is 1.25 bits per heavy atom. The Kier molecular flexibility index (Phi) is 3.53. The van der Waals surface area contributed by atoms with Crippen LogP contribution in [-0.4, -0.2) is 24.3 Å². The molecule has 1 unspecified atom stereocenters. The summed E-state index contributed by atoms with van der Waals surface area (Å²) in [6.07, 6.45) is 8.88. The van der Waals surface area contributed by atoms with Gasteiger partial charge in [0.05, 0.1) is 7.11 Å². The quantitative estimate of drug-likeness (QED) is 0.735. The highest BCUT2D eigenvalue weighted by atomic mass is 16.5. The van der Waals surface area contributed by atoms with Crippen molar-refractivity contribution < 1.29 is 14.6 Å². The van der Waals surface area contributed by atoms with Crippen LogP contribution in [0, 0.1) is 11.3 Å².